The lowest BCUT2D eigenvalue weighted by molar-refractivity contribution is -0.137. The Morgan fingerprint density at radius 3 is 2.50 bits per heavy atom. The number of aliphatic hydroxyl groups excluding tert-OH is 2. The maximum absolute atomic E-state index is 13.1. The number of ether oxygens (including phenoxy) is 2. The van der Waals surface area contributed by atoms with E-state index in [9.17, 15) is 29.7 Å². The van der Waals surface area contributed by atoms with Crippen molar-refractivity contribution in [1.29, 1.82) is 0 Å². The quantitative estimate of drug-likeness (QED) is 0.194. The Labute approximate surface area is 236 Å². The van der Waals surface area contributed by atoms with Crippen molar-refractivity contribution in [2.45, 2.75) is 58.5 Å². The fourth-order valence-electron chi connectivity index (χ4n) is 5.71. The Balaban J connectivity index is 1.87. The minimum absolute atomic E-state index is 0.0908. The number of benzene rings is 1. The number of allylic oxidation sites excluding steroid dienone is 2. The van der Waals surface area contributed by atoms with Crippen molar-refractivity contribution in [2.75, 3.05) is 20.8 Å². The number of carbonyl (C=O) groups excluding carboxylic acids is 3. The number of carbonyl (C=O) groups is 3. The van der Waals surface area contributed by atoms with Gasteiger partial charge < -0.3 is 24.8 Å². The molecule has 0 bridgehead atoms. The van der Waals surface area contributed by atoms with E-state index in [4.69, 9.17) is 4.74 Å². The van der Waals surface area contributed by atoms with Crippen LogP contribution in [0.3, 0.4) is 0 Å². The van der Waals surface area contributed by atoms with Gasteiger partial charge in [0.05, 0.1) is 42.3 Å². The van der Waals surface area contributed by atoms with Gasteiger partial charge in [0, 0.05) is 5.92 Å². The summed E-state index contributed by atoms with van der Waals surface area (Å²) in [6.45, 7) is 3.56. The van der Waals surface area contributed by atoms with Crippen LogP contribution in [-0.4, -0.2) is 65.1 Å². The van der Waals surface area contributed by atoms with Crippen LogP contribution in [0.15, 0.2) is 28.9 Å². The number of rotatable bonds is 10. The number of methoxy groups -OCH3 is 2. The highest BCUT2D eigenvalue weighted by atomic mass is 127. The zero-order chi connectivity index (χ0) is 28.1. The van der Waals surface area contributed by atoms with Gasteiger partial charge >= 0.3 is 6.09 Å². The molecule has 1 fully saturated rings. The molecule has 4 atom stereocenters. The summed E-state index contributed by atoms with van der Waals surface area (Å²) in [6, 6.07) is 3.63. The minimum Gasteiger partial charge on any atom is -0.504 e. The molecular weight excluding hydrogens is 605 g/mol. The van der Waals surface area contributed by atoms with E-state index in [0.717, 1.165) is 36.7 Å². The molecule has 1 aliphatic heterocycles. The number of likely N-dealkylation sites (tertiary alicyclic amines) is 1. The first-order valence-corrected chi connectivity index (χ1v) is 13.9. The highest BCUT2D eigenvalue weighted by Gasteiger charge is 2.56. The van der Waals surface area contributed by atoms with Crippen LogP contribution in [0, 0.1) is 21.3 Å². The summed E-state index contributed by atoms with van der Waals surface area (Å²) in [5.41, 5.74) is 3.42. The molecule has 38 heavy (non-hydrogen) atoms. The molecule has 2 aliphatic rings. The average molecular weight is 641 g/mol. The first kappa shape index (κ1) is 30.1. The zero-order valence-corrected chi connectivity index (χ0v) is 24.4. The number of hydrogen-bond acceptors (Lipinski definition) is 8. The number of nitrogens with zero attached hydrogens (tertiary/aromatic N) is 1. The Hall–Kier alpha value is -2.44. The lowest BCUT2D eigenvalue weighted by atomic mass is 9.67. The predicted molar refractivity (Wildman–Crippen MR) is 149 cm³/mol. The minimum atomic E-state index is -1.03. The van der Waals surface area contributed by atoms with E-state index >= 15 is 0 Å². The van der Waals surface area contributed by atoms with E-state index in [-0.39, 0.29) is 12.2 Å². The summed E-state index contributed by atoms with van der Waals surface area (Å²) < 4.78 is 10.6. The first-order chi connectivity index (χ1) is 18.1. The maximum Gasteiger partial charge on any atom is 0.423 e. The Kier molecular flexibility index (Phi) is 10.4. The molecule has 1 saturated heterocycles. The van der Waals surface area contributed by atoms with Gasteiger partial charge in [-0.05, 0) is 78.0 Å². The Morgan fingerprint density at radius 2 is 1.92 bits per heavy atom. The SMILES string of the molecule is CCC/C(=C\c1cc(I)c(O)c(OC)c1)CC[C@@H](O)C1=C(CC)C[C@H]2C(=O)N(C(=O)OC)C(=O)[C@H]2[C@H]1CO. The molecule has 3 N–H and O–H groups in total. The molecule has 1 heterocycles. The van der Waals surface area contributed by atoms with Gasteiger partial charge in [0.2, 0.25) is 11.8 Å². The van der Waals surface area contributed by atoms with Crippen LogP contribution in [-0.2, 0) is 14.3 Å². The highest BCUT2D eigenvalue weighted by Crippen LogP contribution is 2.47. The van der Waals surface area contributed by atoms with Gasteiger partial charge in [0.25, 0.3) is 0 Å². The van der Waals surface area contributed by atoms with Gasteiger partial charge in [0.15, 0.2) is 11.5 Å². The first-order valence-electron chi connectivity index (χ1n) is 12.9. The second-order valence-electron chi connectivity index (χ2n) is 9.68. The van der Waals surface area contributed by atoms with Crippen LogP contribution in [0.5, 0.6) is 11.5 Å². The molecule has 1 aromatic carbocycles. The van der Waals surface area contributed by atoms with E-state index in [0.29, 0.717) is 39.1 Å². The van der Waals surface area contributed by atoms with Crippen molar-refractivity contribution < 1.29 is 39.2 Å². The number of phenols is 1. The number of halogens is 1. The van der Waals surface area contributed by atoms with Crippen LogP contribution in [0.2, 0.25) is 0 Å². The van der Waals surface area contributed by atoms with E-state index < -0.39 is 48.4 Å². The molecule has 0 spiro atoms. The molecule has 0 saturated carbocycles. The van der Waals surface area contributed by atoms with Gasteiger partial charge in [0.1, 0.15) is 0 Å². The topological polar surface area (TPSA) is 134 Å². The second kappa shape index (κ2) is 13.1. The summed E-state index contributed by atoms with van der Waals surface area (Å²) in [4.78, 5) is 38.7. The van der Waals surface area contributed by atoms with Crippen LogP contribution in [0.1, 0.15) is 57.9 Å². The highest BCUT2D eigenvalue weighted by molar-refractivity contribution is 14.1. The molecule has 3 amide bonds. The molecule has 0 unspecified atom stereocenters. The third kappa shape index (κ3) is 5.91. The number of phenolic OH excluding ortho intramolecular Hbond substituents is 1. The molecule has 1 aliphatic carbocycles. The molecule has 0 radical (unpaired) electrons. The monoisotopic (exact) mass is 641 g/mol. The summed E-state index contributed by atoms with van der Waals surface area (Å²) in [5, 5.41) is 31.8. The standard InChI is InChI=1S/C28H36INO8/c1-5-7-15(10-16-11-20(29)25(33)22(12-16)37-3)8-9-21(32)23-17(6-2)13-18-24(19(23)14-31)27(35)30(26(18)34)28(36)38-4/h10-12,18-19,21,24,31-33H,5-9,13-14H2,1-4H3/b15-10+/t18-,19+,21-,24-/m1/s1. The lowest BCUT2D eigenvalue weighted by Gasteiger charge is -2.36. The van der Waals surface area contributed by atoms with E-state index in [2.05, 4.69) is 34.3 Å². The van der Waals surface area contributed by atoms with E-state index in [1.54, 1.807) is 6.07 Å². The van der Waals surface area contributed by atoms with Crippen molar-refractivity contribution in [3.63, 3.8) is 0 Å². The maximum atomic E-state index is 13.1. The molecule has 0 aromatic heterocycles. The number of aromatic hydroxyl groups is 1. The van der Waals surface area contributed by atoms with Gasteiger partial charge in [-0.1, -0.05) is 37.5 Å². The number of hydrogen-bond donors (Lipinski definition) is 3. The number of fused-ring (bicyclic) bond motifs is 1. The van der Waals surface area contributed by atoms with E-state index in [1.807, 2.05) is 19.1 Å². The van der Waals surface area contributed by atoms with Gasteiger partial charge in [-0.15, -0.1) is 0 Å². The normalized spacial score (nSPS) is 22.6. The largest absolute Gasteiger partial charge is 0.504 e. The molecule has 3 rings (SSSR count). The van der Waals surface area contributed by atoms with Crippen molar-refractivity contribution in [1.82, 2.24) is 4.90 Å². The molecular formula is C28H36INO8. The van der Waals surface area contributed by atoms with E-state index in [1.165, 1.54) is 7.11 Å². The van der Waals surface area contributed by atoms with Gasteiger partial charge in [-0.25, -0.2) is 4.79 Å². The van der Waals surface area contributed by atoms with Crippen molar-refractivity contribution in [3.05, 3.63) is 38.0 Å². The number of aliphatic hydroxyl groups is 2. The summed E-state index contributed by atoms with van der Waals surface area (Å²) in [5.74, 6) is -3.25. The van der Waals surface area contributed by atoms with Crippen molar-refractivity contribution in [3.8, 4) is 11.5 Å². The summed E-state index contributed by atoms with van der Waals surface area (Å²) in [7, 11) is 2.61. The molecule has 208 valence electrons. The molecule has 1 aromatic rings. The number of amides is 3. The zero-order valence-electron chi connectivity index (χ0n) is 22.2. The lowest BCUT2D eigenvalue weighted by Crippen LogP contribution is -2.40. The van der Waals surface area contributed by atoms with Crippen LogP contribution >= 0.6 is 22.6 Å². The van der Waals surface area contributed by atoms with Crippen molar-refractivity contribution >= 4 is 46.6 Å². The Bertz CT molecular complexity index is 1140. The molecule has 10 heteroatoms. The fraction of sp³-hybridized carbons (Fsp3) is 0.536. The van der Waals surface area contributed by atoms with Crippen LogP contribution in [0.4, 0.5) is 4.79 Å². The Morgan fingerprint density at radius 1 is 1.21 bits per heavy atom. The van der Waals surface area contributed by atoms with Crippen molar-refractivity contribution in [2.24, 2.45) is 17.8 Å². The smallest absolute Gasteiger partial charge is 0.423 e. The second-order valence-corrected chi connectivity index (χ2v) is 10.8. The van der Waals surface area contributed by atoms with Gasteiger partial charge in [-0.2, -0.15) is 4.90 Å². The van der Waals surface area contributed by atoms with Gasteiger partial charge in [-0.3, -0.25) is 9.59 Å². The third-order valence-electron chi connectivity index (χ3n) is 7.48. The average Bonchev–Trinajstić information content (AvgIpc) is 3.16. The molecule has 9 nitrogen and oxygen atoms in total. The third-order valence-corrected chi connectivity index (χ3v) is 8.30. The summed E-state index contributed by atoms with van der Waals surface area (Å²) in [6.07, 6.45) is 3.54. The summed E-state index contributed by atoms with van der Waals surface area (Å²) >= 11 is 2.05. The number of imide groups is 3. The predicted octanol–water partition coefficient (Wildman–Crippen LogP) is 4.42. The van der Waals surface area contributed by atoms with Crippen LogP contribution < -0.4 is 4.74 Å². The fourth-order valence-corrected chi connectivity index (χ4v) is 6.33. The van der Waals surface area contributed by atoms with Crippen LogP contribution in [0.25, 0.3) is 6.08 Å².